The summed E-state index contributed by atoms with van der Waals surface area (Å²) < 4.78 is 8.36. The predicted molar refractivity (Wildman–Crippen MR) is 139 cm³/mol. The number of nitrogens with one attached hydrogen (secondary N) is 1. The van der Waals surface area contributed by atoms with Crippen LogP contribution in [0.2, 0.25) is 0 Å². The number of imidazole rings is 1. The highest BCUT2D eigenvalue weighted by Gasteiger charge is 2.35. The third-order valence-corrected chi connectivity index (χ3v) is 6.50. The highest BCUT2D eigenvalue weighted by molar-refractivity contribution is 6.21. The van der Waals surface area contributed by atoms with Crippen molar-refractivity contribution in [2.24, 2.45) is 0 Å². The molecule has 0 saturated carbocycles. The smallest absolute Gasteiger partial charge is 0.330 e. The van der Waals surface area contributed by atoms with Gasteiger partial charge in [-0.2, -0.15) is 4.98 Å². The minimum absolute atomic E-state index is 0.0599. The molecular weight excluding hydrogens is 472 g/mol. The molecule has 4 aromatic rings. The summed E-state index contributed by atoms with van der Waals surface area (Å²) in [6.45, 7) is 3.31. The number of unbranched alkanes of at least 4 members (excludes halogenated alkanes) is 1. The van der Waals surface area contributed by atoms with Gasteiger partial charge in [0.15, 0.2) is 5.65 Å². The second-order valence-corrected chi connectivity index (χ2v) is 8.86. The van der Waals surface area contributed by atoms with E-state index < -0.39 is 0 Å². The molecule has 0 spiro atoms. The lowest BCUT2D eigenvalue weighted by Gasteiger charge is -2.14. The fourth-order valence-corrected chi connectivity index (χ4v) is 4.47. The fraction of sp³-hybridized carbons (Fsp3) is 0.296. The Hall–Kier alpha value is -4.47. The zero-order valence-electron chi connectivity index (χ0n) is 20.8. The average molecular weight is 501 g/mol. The Labute approximate surface area is 213 Å². The molecule has 10 heteroatoms. The number of carbonyl (C=O) groups excluding carboxylic acids is 2. The Morgan fingerprint density at radius 3 is 2.27 bits per heavy atom. The van der Waals surface area contributed by atoms with Crippen molar-refractivity contribution >= 4 is 28.9 Å². The van der Waals surface area contributed by atoms with Gasteiger partial charge in [-0.25, -0.2) is 9.78 Å². The van der Waals surface area contributed by atoms with Crippen molar-refractivity contribution in [3.8, 4) is 5.75 Å². The number of aromatic nitrogens is 4. The van der Waals surface area contributed by atoms with Crippen LogP contribution in [0.5, 0.6) is 5.75 Å². The van der Waals surface area contributed by atoms with Crippen LogP contribution in [0.3, 0.4) is 0 Å². The van der Waals surface area contributed by atoms with Gasteiger partial charge in [0.25, 0.3) is 11.8 Å². The van der Waals surface area contributed by atoms with Gasteiger partial charge in [0.2, 0.25) is 5.95 Å². The van der Waals surface area contributed by atoms with Crippen LogP contribution in [-0.4, -0.2) is 56.0 Å². The Kier molecular flexibility index (Phi) is 6.72. The number of anilines is 1. The number of nitrogens with zero attached hydrogens (tertiary/aromatic N) is 5. The molecule has 0 bridgehead atoms. The quantitative estimate of drug-likeness (QED) is 0.263. The first-order valence-corrected chi connectivity index (χ1v) is 12.3. The standard InChI is InChI=1S/C27H28N6O4/c1-3-4-13-28-26-29-16-22-23(30-26)33(17-18-9-11-19(37-2)12-10-18)27(36)31(22)14-15-32-24(34)20-7-5-6-8-21(20)25(32)35/h5-12,16H,3-4,13-15,17H2,1-2H3,(H,28,29,30). The van der Waals surface area contributed by atoms with Crippen LogP contribution in [-0.2, 0) is 13.1 Å². The predicted octanol–water partition coefficient (Wildman–Crippen LogP) is 3.16. The van der Waals surface area contributed by atoms with E-state index in [9.17, 15) is 14.4 Å². The van der Waals surface area contributed by atoms with Gasteiger partial charge in [0, 0.05) is 19.6 Å². The summed E-state index contributed by atoms with van der Waals surface area (Å²) in [5.74, 6) is 0.467. The topological polar surface area (TPSA) is 111 Å². The summed E-state index contributed by atoms with van der Waals surface area (Å²) in [4.78, 5) is 49.5. The molecule has 2 aromatic carbocycles. The Balaban J connectivity index is 1.47. The van der Waals surface area contributed by atoms with Crippen LogP contribution in [0.1, 0.15) is 46.0 Å². The number of methoxy groups -OCH3 is 1. The van der Waals surface area contributed by atoms with Gasteiger partial charge in [0.05, 0.1) is 31.0 Å². The number of carbonyl (C=O) groups is 2. The van der Waals surface area contributed by atoms with Gasteiger partial charge in [-0.1, -0.05) is 37.6 Å². The molecule has 3 heterocycles. The van der Waals surface area contributed by atoms with E-state index in [4.69, 9.17) is 4.74 Å². The van der Waals surface area contributed by atoms with Gasteiger partial charge < -0.3 is 10.1 Å². The maximum atomic E-state index is 13.6. The first-order valence-electron chi connectivity index (χ1n) is 12.3. The molecule has 0 atom stereocenters. The molecule has 1 aliphatic rings. The molecule has 1 N–H and O–H groups in total. The number of ether oxygens (including phenoxy) is 1. The molecule has 2 amide bonds. The number of hydrogen-bond donors (Lipinski definition) is 1. The van der Waals surface area contributed by atoms with Crippen LogP contribution in [0, 0.1) is 0 Å². The molecule has 2 aromatic heterocycles. The van der Waals surface area contributed by atoms with E-state index in [1.807, 2.05) is 24.3 Å². The van der Waals surface area contributed by atoms with Crippen molar-refractivity contribution in [3.63, 3.8) is 0 Å². The first-order chi connectivity index (χ1) is 18.0. The van der Waals surface area contributed by atoms with Crippen LogP contribution >= 0.6 is 0 Å². The second-order valence-electron chi connectivity index (χ2n) is 8.86. The highest BCUT2D eigenvalue weighted by Crippen LogP contribution is 2.23. The summed E-state index contributed by atoms with van der Waals surface area (Å²) in [6.07, 6.45) is 3.62. The summed E-state index contributed by atoms with van der Waals surface area (Å²) in [5, 5.41) is 3.21. The molecule has 1 aliphatic heterocycles. The van der Waals surface area contributed by atoms with Crippen LogP contribution in [0.4, 0.5) is 5.95 Å². The van der Waals surface area contributed by atoms with Crippen molar-refractivity contribution in [1.29, 1.82) is 0 Å². The average Bonchev–Trinajstić information content (AvgIpc) is 3.32. The molecule has 0 fully saturated rings. The number of hydrogen-bond acceptors (Lipinski definition) is 7. The third kappa shape index (κ3) is 4.57. The zero-order chi connectivity index (χ0) is 25.9. The number of benzene rings is 2. The molecule has 0 radical (unpaired) electrons. The van der Waals surface area contributed by atoms with Gasteiger partial charge in [0.1, 0.15) is 11.3 Å². The third-order valence-electron chi connectivity index (χ3n) is 6.50. The first kappa shape index (κ1) is 24.2. The van der Waals surface area contributed by atoms with Crippen LogP contribution < -0.4 is 15.7 Å². The van der Waals surface area contributed by atoms with Crippen molar-refractivity contribution in [3.05, 3.63) is 81.9 Å². The summed E-state index contributed by atoms with van der Waals surface area (Å²) in [5.41, 5.74) is 2.40. The molecule has 0 aliphatic carbocycles. The van der Waals surface area contributed by atoms with Gasteiger partial charge in [-0.15, -0.1) is 0 Å². The largest absolute Gasteiger partial charge is 0.497 e. The monoisotopic (exact) mass is 500 g/mol. The number of rotatable bonds is 10. The molecule has 0 unspecified atom stereocenters. The molecule has 190 valence electrons. The fourth-order valence-electron chi connectivity index (χ4n) is 4.47. The van der Waals surface area contributed by atoms with Crippen molar-refractivity contribution in [1.82, 2.24) is 24.0 Å². The maximum absolute atomic E-state index is 13.6. The van der Waals surface area contributed by atoms with Crippen molar-refractivity contribution < 1.29 is 14.3 Å². The number of fused-ring (bicyclic) bond motifs is 2. The normalized spacial score (nSPS) is 12.9. The number of amides is 2. The summed E-state index contributed by atoms with van der Waals surface area (Å²) in [6, 6.07) is 14.2. The highest BCUT2D eigenvalue weighted by atomic mass is 16.5. The van der Waals surface area contributed by atoms with Crippen molar-refractivity contribution in [2.45, 2.75) is 32.9 Å². The minimum Gasteiger partial charge on any atom is -0.497 e. The van der Waals surface area contributed by atoms with Gasteiger partial charge >= 0.3 is 5.69 Å². The Bertz CT molecular complexity index is 1490. The maximum Gasteiger partial charge on any atom is 0.330 e. The SMILES string of the molecule is CCCCNc1ncc2c(n1)n(Cc1ccc(OC)cc1)c(=O)n2CCN1C(=O)c2ccccc2C1=O. The van der Waals surface area contributed by atoms with Crippen molar-refractivity contribution in [2.75, 3.05) is 25.5 Å². The van der Waals surface area contributed by atoms with E-state index in [1.54, 1.807) is 42.1 Å². The molecule has 0 saturated heterocycles. The lowest BCUT2D eigenvalue weighted by Crippen LogP contribution is -2.35. The number of imide groups is 1. The molecule has 37 heavy (non-hydrogen) atoms. The van der Waals surface area contributed by atoms with Crippen LogP contribution in [0.15, 0.2) is 59.5 Å². The molecule has 5 rings (SSSR count). The van der Waals surface area contributed by atoms with E-state index in [0.29, 0.717) is 34.8 Å². The lowest BCUT2D eigenvalue weighted by atomic mass is 10.1. The van der Waals surface area contributed by atoms with E-state index in [-0.39, 0.29) is 30.6 Å². The molecular formula is C27H28N6O4. The van der Waals surface area contributed by atoms with Gasteiger partial charge in [-0.3, -0.25) is 23.6 Å². The zero-order valence-corrected chi connectivity index (χ0v) is 20.8. The lowest BCUT2D eigenvalue weighted by molar-refractivity contribution is 0.0649. The Morgan fingerprint density at radius 1 is 0.919 bits per heavy atom. The minimum atomic E-state index is -0.353. The summed E-state index contributed by atoms with van der Waals surface area (Å²) >= 11 is 0. The van der Waals surface area contributed by atoms with E-state index in [2.05, 4.69) is 22.2 Å². The second kappa shape index (κ2) is 10.3. The van der Waals surface area contributed by atoms with Crippen LogP contribution in [0.25, 0.3) is 11.2 Å². The van der Waals surface area contributed by atoms with E-state index in [0.717, 1.165) is 30.7 Å². The summed E-state index contributed by atoms with van der Waals surface area (Å²) in [7, 11) is 1.60. The van der Waals surface area contributed by atoms with E-state index in [1.165, 1.54) is 9.47 Å². The Morgan fingerprint density at radius 2 is 1.62 bits per heavy atom. The van der Waals surface area contributed by atoms with Gasteiger partial charge in [-0.05, 0) is 36.2 Å². The molecule has 10 nitrogen and oxygen atoms in total. The van der Waals surface area contributed by atoms with E-state index >= 15 is 0 Å².